The van der Waals surface area contributed by atoms with Crippen molar-refractivity contribution in [1.29, 1.82) is 0 Å². The van der Waals surface area contributed by atoms with Gasteiger partial charge in [-0.3, -0.25) is 9.69 Å². The van der Waals surface area contributed by atoms with E-state index in [0.29, 0.717) is 6.04 Å². The fourth-order valence-corrected chi connectivity index (χ4v) is 3.32. The summed E-state index contributed by atoms with van der Waals surface area (Å²) >= 11 is 1.26. The van der Waals surface area contributed by atoms with Gasteiger partial charge in [0.1, 0.15) is 5.82 Å². The molecule has 0 bridgehead atoms. The number of nitrogens with zero attached hydrogens (tertiary/aromatic N) is 2. The van der Waals surface area contributed by atoms with Crippen molar-refractivity contribution in [2.45, 2.75) is 38.9 Å². The maximum Gasteiger partial charge on any atom is 0.307 e. The third-order valence-corrected chi connectivity index (χ3v) is 4.83. The van der Waals surface area contributed by atoms with Crippen LogP contribution in [-0.2, 0) is 13.1 Å². The van der Waals surface area contributed by atoms with Crippen LogP contribution < -0.4 is 4.87 Å². The summed E-state index contributed by atoms with van der Waals surface area (Å²) in [5.41, 5.74) is 2.15. The standard InChI is InChI=1S/C16H19FN2OS/c1-12-11-21-16(20)19(12)9-8-18(15-6-7-15)10-13-2-4-14(17)5-3-13/h2-5,11,15H,6-10H2,1H3. The number of hydrogen-bond donors (Lipinski definition) is 0. The Bertz CT molecular complexity index is 658. The fourth-order valence-electron chi connectivity index (χ4n) is 2.56. The molecule has 0 atom stereocenters. The third-order valence-electron chi connectivity index (χ3n) is 3.95. The molecule has 1 aliphatic carbocycles. The largest absolute Gasteiger partial charge is 0.307 e. The molecule has 0 radical (unpaired) electrons. The molecule has 0 aliphatic heterocycles. The van der Waals surface area contributed by atoms with E-state index in [1.165, 1.54) is 36.3 Å². The predicted molar refractivity (Wildman–Crippen MR) is 83.1 cm³/mol. The highest BCUT2D eigenvalue weighted by Gasteiger charge is 2.28. The highest BCUT2D eigenvalue weighted by Crippen LogP contribution is 2.28. The molecule has 21 heavy (non-hydrogen) atoms. The molecule has 1 aromatic heterocycles. The lowest BCUT2D eigenvalue weighted by Gasteiger charge is -2.22. The summed E-state index contributed by atoms with van der Waals surface area (Å²) in [4.78, 5) is 14.3. The van der Waals surface area contributed by atoms with Crippen molar-refractivity contribution in [2.75, 3.05) is 6.54 Å². The minimum absolute atomic E-state index is 0.116. The van der Waals surface area contributed by atoms with Gasteiger partial charge in [-0.15, -0.1) is 0 Å². The topological polar surface area (TPSA) is 25.2 Å². The molecule has 2 aromatic rings. The molecule has 1 fully saturated rings. The number of halogens is 1. The highest BCUT2D eigenvalue weighted by molar-refractivity contribution is 7.07. The first-order chi connectivity index (χ1) is 10.1. The zero-order valence-electron chi connectivity index (χ0n) is 12.1. The van der Waals surface area contributed by atoms with Gasteiger partial charge in [0.15, 0.2) is 0 Å². The predicted octanol–water partition coefficient (Wildman–Crippen LogP) is 3.02. The molecule has 1 aliphatic rings. The van der Waals surface area contributed by atoms with Crippen LogP contribution in [0.1, 0.15) is 24.1 Å². The Morgan fingerprint density at radius 1 is 1.33 bits per heavy atom. The average molecular weight is 306 g/mol. The Morgan fingerprint density at radius 3 is 2.62 bits per heavy atom. The van der Waals surface area contributed by atoms with Crippen LogP contribution in [0.25, 0.3) is 0 Å². The first kappa shape index (κ1) is 14.5. The first-order valence-corrected chi connectivity index (χ1v) is 8.15. The maximum absolute atomic E-state index is 13.0. The van der Waals surface area contributed by atoms with E-state index in [1.54, 1.807) is 0 Å². The minimum atomic E-state index is -0.197. The van der Waals surface area contributed by atoms with Gasteiger partial charge in [0, 0.05) is 36.8 Å². The number of aryl methyl sites for hydroxylation is 1. The number of thiazole rings is 1. The van der Waals surface area contributed by atoms with Gasteiger partial charge in [-0.25, -0.2) is 4.39 Å². The minimum Gasteiger partial charge on any atom is -0.302 e. The van der Waals surface area contributed by atoms with Gasteiger partial charge in [0.2, 0.25) is 0 Å². The third kappa shape index (κ3) is 3.60. The van der Waals surface area contributed by atoms with Gasteiger partial charge in [0.05, 0.1) is 0 Å². The number of rotatable bonds is 6. The molecule has 5 heteroatoms. The van der Waals surface area contributed by atoms with Crippen molar-refractivity contribution in [2.24, 2.45) is 0 Å². The Labute approximate surface area is 127 Å². The Morgan fingerprint density at radius 2 is 2.05 bits per heavy atom. The second-order valence-corrected chi connectivity index (χ2v) is 6.44. The zero-order chi connectivity index (χ0) is 14.8. The fraction of sp³-hybridized carbons (Fsp3) is 0.438. The van der Waals surface area contributed by atoms with Crippen LogP contribution in [-0.4, -0.2) is 22.1 Å². The van der Waals surface area contributed by atoms with Crippen LogP contribution in [0.2, 0.25) is 0 Å². The van der Waals surface area contributed by atoms with Crippen LogP contribution in [0.3, 0.4) is 0 Å². The van der Waals surface area contributed by atoms with Crippen molar-refractivity contribution in [3.8, 4) is 0 Å². The van der Waals surface area contributed by atoms with E-state index in [9.17, 15) is 9.18 Å². The van der Waals surface area contributed by atoms with Crippen molar-refractivity contribution < 1.29 is 4.39 Å². The molecule has 3 rings (SSSR count). The monoisotopic (exact) mass is 306 g/mol. The van der Waals surface area contributed by atoms with E-state index in [2.05, 4.69) is 4.90 Å². The van der Waals surface area contributed by atoms with Crippen molar-refractivity contribution >= 4 is 11.3 Å². The maximum atomic E-state index is 13.0. The van der Waals surface area contributed by atoms with Gasteiger partial charge < -0.3 is 4.57 Å². The lowest BCUT2D eigenvalue weighted by molar-refractivity contribution is 0.243. The molecule has 1 aromatic carbocycles. The lowest BCUT2D eigenvalue weighted by Crippen LogP contribution is -2.31. The van der Waals surface area contributed by atoms with E-state index in [1.807, 2.05) is 29.0 Å². The molecule has 1 saturated carbocycles. The van der Waals surface area contributed by atoms with E-state index < -0.39 is 0 Å². The molecular formula is C16H19FN2OS. The van der Waals surface area contributed by atoms with E-state index in [0.717, 1.165) is 30.9 Å². The van der Waals surface area contributed by atoms with Gasteiger partial charge in [-0.1, -0.05) is 23.5 Å². The van der Waals surface area contributed by atoms with Crippen LogP contribution in [0.5, 0.6) is 0 Å². The van der Waals surface area contributed by atoms with Crippen molar-refractivity contribution in [3.05, 3.63) is 56.4 Å². The quantitative estimate of drug-likeness (QED) is 0.819. The number of benzene rings is 1. The SMILES string of the molecule is Cc1csc(=O)n1CCN(Cc1ccc(F)cc1)C1CC1. The molecule has 0 N–H and O–H groups in total. The normalized spacial score (nSPS) is 14.8. The highest BCUT2D eigenvalue weighted by atomic mass is 32.1. The second-order valence-electron chi connectivity index (χ2n) is 5.62. The number of aromatic nitrogens is 1. The van der Waals surface area contributed by atoms with E-state index in [4.69, 9.17) is 0 Å². The Hall–Kier alpha value is -1.46. The summed E-state index contributed by atoms with van der Waals surface area (Å²) in [6.45, 7) is 4.38. The molecule has 3 nitrogen and oxygen atoms in total. The van der Waals surface area contributed by atoms with Crippen molar-refractivity contribution in [3.63, 3.8) is 0 Å². The van der Waals surface area contributed by atoms with Crippen molar-refractivity contribution in [1.82, 2.24) is 9.47 Å². The summed E-state index contributed by atoms with van der Waals surface area (Å²) in [6, 6.07) is 7.31. The van der Waals surface area contributed by atoms with Gasteiger partial charge >= 0.3 is 4.87 Å². The molecule has 112 valence electrons. The summed E-state index contributed by atoms with van der Waals surface area (Å²) in [5, 5.41) is 1.91. The molecule has 0 unspecified atom stereocenters. The van der Waals surface area contributed by atoms with Gasteiger partial charge in [-0.2, -0.15) is 0 Å². The summed E-state index contributed by atoms with van der Waals surface area (Å²) < 4.78 is 14.8. The first-order valence-electron chi connectivity index (χ1n) is 7.27. The Balaban J connectivity index is 1.65. The van der Waals surface area contributed by atoms with E-state index >= 15 is 0 Å². The van der Waals surface area contributed by atoms with Crippen LogP contribution >= 0.6 is 11.3 Å². The number of hydrogen-bond acceptors (Lipinski definition) is 3. The second kappa shape index (κ2) is 6.12. The van der Waals surface area contributed by atoms with Crippen LogP contribution in [0.4, 0.5) is 4.39 Å². The molecular weight excluding hydrogens is 287 g/mol. The zero-order valence-corrected chi connectivity index (χ0v) is 12.9. The molecule has 0 saturated heterocycles. The summed E-state index contributed by atoms with van der Waals surface area (Å²) in [5.74, 6) is -0.197. The van der Waals surface area contributed by atoms with E-state index in [-0.39, 0.29) is 10.7 Å². The molecule has 0 amide bonds. The molecule has 1 heterocycles. The van der Waals surface area contributed by atoms with Gasteiger partial charge in [0.25, 0.3) is 0 Å². The van der Waals surface area contributed by atoms with Crippen LogP contribution in [0, 0.1) is 12.7 Å². The van der Waals surface area contributed by atoms with Crippen LogP contribution in [0.15, 0.2) is 34.4 Å². The Kier molecular flexibility index (Phi) is 4.22. The summed E-state index contributed by atoms with van der Waals surface area (Å²) in [7, 11) is 0. The van der Waals surface area contributed by atoms with Gasteiger partial charge in [-0.05, 0) is 37.5 Å². The lowest BCUT2D eigenvalue weighted by atomic mass is 10.2. The molecule has 0 spiro atoms. The smallest absolute Gasteiger partial charge is 0.302 e. The average Bonchev–Trinajstić information content (AvgIpc) is 3.26. The summed E-state index contributed by atoms with van der Waals surface area (Å²) in [6.07, 6.45) is 2.44.